The monoisotopic (exact) mass is 324 g/mol. The fraction of sp³-hybridized carbons (Fsp3) is 0.211. The Labute approximate surface area is 141 Å². The number of hydrogen-bond donors (Lipinski definition) is 1. The number of aryl methyl sites for hydroxylation is 1. The minimum atomic E-state index is -0.473. The fourth-order valence-corrected chi connectivity index (χ4v) is 2.41. The minimum absolute atomic E-state index is 0.142. The summed E-state index contributed by atoms with van der Waals surface area (Å²) >= 11 is 0. The number of carbonyl (C=O) groups is 3. The number of anilines is 2. The predicted octanol–water partition coefficient (Wildman–Crippen LogP) is 3.43. The maximum absolute atomic E-state index is 13.0. The van der Waals surface area contributed by atoms with E-state index in [0.717, 1.165) is 10.5 Å². The lowest BCUT2D eigenvalue weighted by molar-refractivity contribution is -0.115. The zero-order valence-corrected chi connectivity index (χ0v) is 14.2. The summed E-state index contributed by atoms with van der Waals surface area (Å²) in [6.07, 6.45) is 0. The predicted molar refractivity (Wildman–Crippen MR) is 94.7 cm³/mol. The van der Waals surface area contributed by atoms with Gasteiger partial charge in [-0.1, -0.05) is 17.7 Å². The van der Waals surface area contributed by atoms with Gasteiger partial charge in [-0.05, 0) is 44.2 Å². The molecule has 5 nitrogen and oxygen atoms in total. The average Bonchev–Trinajstić information content (AvgIpc) is 2.55. The van der Waals surface area contributed by atoms with Crippen molar-refractivity contribution in [3.8, 4) is 0 Å². The molecule has 0 bridgehead atoms. The Balaban J connectivity index is 2.54. The van der Waals surface area contributed by atoms with Crippen molar-refractivity contribution in [1.82, 2.24) is 0 Å². The second kappa shape index (κ2) is 7.08. The molecule has 2 rings (SSSR count). The van der Waals surface area contributed by atoms with E-state index >= 15 is 0 Å². The highest BCUT2D eigenvalue weighted by molar-refractivity contribution is 6.22. The number of imide groups is 1. The van der Waals surface area contributed by atoms with Crippen LogP contribution in [-0.4, -0.2) is 24.6 Å². The molecule has 2 aromatic carbocycles. The van der Waals surface area contributed by atoms with E-state index in [4.69, 9.17) is 0 Å². The zero-order valence-electron chi connectivity index (χ0n) is 14.2. The molecular weight excluding hydrogens is 304 g/mol. The molecule has 24 heavy (non-hydrogen) atoms. The molecule has 0 atom stereocenters. The van der Waals surface area contributed by atoms with Crippen LogP contribution in [0.4, 0.5) is 11.4 Å². The molecular formula is C19H20N2O3. The van der Waals surface area contributed by atoms with Crippen LogP contribution in [-0.2, 0) is 4.79 Å². The van der Waals surface area contributed by atoms with Crippen molar-refractivity contribution in [1.29, 1.82) is 0 Å². The second-order valence-corrected chi connectivity index (χ2v) is 5.56. The van der Waals surface area contributed by atoms with Crippen LogP contribution in [0.15, 0.2) is 42.5 Å². The van der Waals surface area contributed by atoms with Crippen molar-refractivity contribution in [2.24, 2.45) is 0 Å². The molecule has 0 aromatic heterocycles. The molecule has 0 aliphatic rings. The molecule has 0 unspecified atom stereocenters. The van der Waals surface area contributed by atoms with Crippen molar-refractivity contribution in [3.63, 3.8) is 0 Å². The Kier molecular flexibility index (Phi) is 5.14. The second-order valence-electron chi connectivity index (χ2n) is 5.56. The van der Waals surface area contributed by atoms with Gasteiger partial charge < -0.3 is 5.32 Å². The van der Waals surface area contributed by atoms with E-state index in [0.29, 0.717) is 16.9 Å². The quantitative estimate of drug-likeness (QED) is 0.875. The SMILES string of the molecule is CNc1ccc(C(C)=O)cc1C(=O)N(C(C)=O)c1ccc(C)cc1. The maximum Gasteiger partial charge on any atom is 0.267 e. The summed E-state index contributed by atoms with van der Waals surface area (Å²) in [5.41, 5.74) is 2.78. The summed E-state index contributed by atoms with van der Waals surface area (Å²) in [6, 6.07) is 11.9. The summed E-state index contributed by atoms with van der Waals surface area (Å²) in [4.78, 5) is 37.8. The standard InChI is InChI=1S/C19H20N2O3/c1-12-5-8-16(9-6-12)21(14(3)23)19(24)17-11-15(13(2)22)7-10-18(17)20-4/h5-11,20H,1-4H3. The third-order valence-corrected chi connectivity index (χ3v) is 3.74. The normalized spacial score (nSPS) is 10.2. The number of hydrogen-bond acceptors (Lipinski definition) is 4. The highest BCUT2D eigenvalue weighted by atomic mass is 16.2. The smallest absolute Gasteiger partial charge is 0.267 e. The van der Waals surface area contributed by atoms with E-state index in [-0.39, 0.29) is 17.3 Å². The van der Waals surface area contributed by atoms with Crippen molar-refractivity contribution >= 4 is 29.0 Å². The first-order valence-electron chi connectivity index (χ1n) is 7.59. The Bertz CT molecular complexity index is 795. The van der Waals surface area contributed by atoms with Crippen LogP contribution in [0, 0.1) is 6.92 Å². The molecule has 0 aliphatic heterocycles. The Morgan fingerprint density at radius 1 is 0.958 bits per heavy atom. The molecule has 124 valence electrons. The van der Waals surface area contributed by atoms with E-state index in [1.54, 1.807) is 31.3 Å². The Hall–Kier alpha value is -2.95. The van der Waals surface area contributed by atoms with Gasteiger partial charge in [0.1, 0.15) is 0 Å². The van der Waals surface area contributed by atoms with Crippen LogP contribution in [0.1, 0.15) is 40.1 Å². The molecule has 0 aliphatic carbocycles. The van der Waals surface area contributed by atoms with Crippen molar-refractivity contribution in [3.05, 3.63) is 59.2 Å². The van der Waals surface area contributed by atoms with E-state index in [9.17, 15) is 14.4 Å². The van der Waals surface area contributed by atoms with Crippen LogP contribution < -0.4 is 10.2 Å². The lowest BCUT2D eigenvalue weighted by Gasteiger charge is -2.21. The molecule has 0 saturated carbocycles. The van der Waals surface area contributed by atoms with Gasteiger partial charge in [-0.2, -0.15) is 0 Å². The lowest BCUT2D eigenvalue weighted by Crippen LogP contribution is -2.35. The molecule has 0 fully saturated rings. The van der Waals surface area contributed by atoms with Gasteiger partial charge in [0, 0.05) is 25.2 Å². The van der Waals surface area contributed by atoms with E-state index in [1.165, 1.54) is 19.9 Å². The molecule has 0 heterocycles. The molecule has 0 saturated heterocycles. The first-order valence-corrected chi connectivity index (χ1v) is 7.59. The fourth-order valence-electron chi connectivity index (χ4n) is 2.41. The number of ketones is 1. The third-order valence-electron chi connectivity index (χ3n) is 3.74. The highest BCUT2D eigenvalue weighted by Gasteiger charge is 2.24. The van der Waals surface area contributed by atoms with Gasteiger partial charge >= 0.3 is 0 Å². The van der Waals surface area contributed by atoms with Crippen molar-refractivity contribution in [2.75, 3.05) is 17.3 Å². The van der Waals surface area contributed by atoms with Crippen molar-refractivity contribution < 1.29 is 14.4 Å². The van der Waals surface area contributed by atoms with Crippen LogP contribution in [0.3, 0.4) is 0 Å². The van der Waals surface area contributed by atoms with Crippen LogP contribution in [0.5, 0.6) is 0 Å². The highest BCUT2D eigenvalue weighted by Crippen LogP contribution is 2.24. The number of amides is 2. The number of carbonyl (C=O) groups excluding carboxylic acids is 3. The van der Waals surface area contributed by atoms with Gasteiger partial charge in [0.2, 0.25) is 5.91 Å². The van der Waals surface area contributed by atoms with Gasteiger partial charge in [0.15, 0.2) is 5.78 Å². The zero-order chi connectivity index (χ0) is 17.9. The first kappa shape index (κ1) is 17.4. The topological polar surface area (TPSA) is 66.5 Å². The van der Waals surface area contributed by atoms with Gasteiger partial charge in [0.25, 0.3) is 5.91 Å². The van der Waals surface area contributed by atoms with Gasteiger partial charge in [-0.15, -0.1) is 0 Å². The minimum Gasteiger partial charge on any atom is -0.387 e. The summed E-state index contributed by atoms with van der Waals surface area (Å²) in [6.45, 7) is 4.70. The first-order chi connectivity index (χ1) is 11.3. The molecule has 2 aromatic rings. The van der Waals surface area contributed by atoms with Crippen molar-refractivity contribution in [2.45, 2.75) is 20.8 Å². The van der Waals surface area contributed by atoms with Crippen LogP contribution in [0.25, 0.3) is 0 Å². The number of nitrogens with zero attached hydrogens (tertiary/aromatic N) is 1. The Morgan fingerprint density at radius 2 is 1.58 bits per heavy atom. The summed E-state index contributed by atoms with van der Waals surface area (Å²) in [5.74, 6) is -1.01. The van der Waals surface area contributed by atoms with E-state index in [2.05, 4.69) is 5.32 Å². The van der Waals surface area contributed by atoms with E-state index < -0.39 is 5.91 Å². The Morgan fingerprint density at radius 3 is 2.08 bits per heavy atom. The lowest BCUT2D eigenvalue weighted by atomic mass is 10.0. The number of rotatable bonds is 4. The number of nitrogens with one attached hydrogen (secondary N) is 1. The third kappa shape index (κ3) is 3.51. The summed E-state index contributed by atoms with van der Waals surface area (Å²) in [7, 11) is 1.68. The summed E-state index contributed by atoms with van der Waals surface area (Å²) in [5, 5.41) is 2.93. The van der Waals surface area contributed by atoms with Gasteiger partial charge in [-0.3, -0.25) is 14.4 Å². The average molecular weight is 324 g/mol. The molecule has 5 heteroatoms. The number of benzene rings is 2. The molecule has 0 radical (unpaired) electrons. The number of Topliss-reactive ketones (excluding diaryl/α,β-unsaturated/α-hetero) is 1. The summed E-state index contributed by atoms with van der Waals surface area (Å²) < 4.78 is 0. The molecule has 0 spiro atoms. The maximum atomic E-state index is 13.0. The van der Waals surface area contributed by atoms with E-state index in [1.807, 2.05) is 19.1 Å². The van der Waals surface area contributed by atoms with Gasteiger partial charge in [-0.25, -0.2) is 4.90 Å². The molecule has 2 amide bonds. The van der Waals surface area contributed by atoms with Crippen LogP contribution in [0.2, 0.25) is 0 Å². The largest absolute Gasteiger partial charge is 0.387 e. The van der Waals surface area contributed by atoms with Crippen LogP contribution >= 0.6 is 0 Å². The van der Waals surface area contributed by atoms with Gasteiger partial charge in [0.05, 0.1) is 11.3 Å². The molecule has 1 N–H and O–H groups in total.